The summed E-state index contributed by atoms with van der Waals surface area (Å²) in [5.74, 6) is -2.46. The zero-order chi connectivity index (χ0) is 40.7. The maximum Gasteiger partial charge on any atom is 0.472 e. The first kappa shape index (κ1) is 52.2. The molecular formula is C43H74NO10P. The van der Waals surface area contributed by atoms with Gasteiger partial charge in [-0.1, -0.05) is 158 Å². The van der Waals surface area contributed by atoms with Crippen LogP contribution in [0.5, 0.6) is 0 Å². The lowest BCUT2D eigenvalue weighted by Gasteiger charge is -2.18. The summed E-state index contributed by atoms with van der Waals surface area (Å²) in [6.07, 6.45) is 42.6. The molecule has 0 aromatic rings. The molecule has 0 bridgehead atoms. The molecule has 0 radical (unpaired) electrons. The summed E-state index contributed by atoms with van der Waals surface area (Å²) >= 11 is 0. The van der Waals surface area contributed by atoms with Crippen molar-refractivity contribution < 1.29 is 47.8 Å². The molecule has 0 rings (SSSR count). The number of rotatable bonds is 38. The number of unbranched alkanes of at least 4 members (excludes halogenated alkanes) is 14. The number of phosphoric ester groups is 1. The Balaban J connectivity index is 4.02. The second kappa shape index (κ2) is 38.1. The van der Waals surface area contributed by atoms with E-state index in [9.17, 15) is 34.1 Å². The number of esters is 1. The molecule has 0 aromatic carbocycles. The normalized spacial score (nSPS) is 14.4. The van der Waals surface area contributed by atoms with Gasteiger partial charge in [0.2, 0.25) is 5.91 Å². The minimum Gasteiger partial charge on any atom is -0.480 e. The number of amides is 1. The van der Waals surface area contributed by atoms with Crippen molar-refractivity contribution in [3.63, 3.8) is 0 Å². The van der Waals surface area contributed by atoms with Crippen LogP contribution in [0.4, 0.5) is 0 Å². The fourth-order valence-corrected chi connectivity index (χ4v) is 6.12. The van der Waals surface area contributed by atoms with Gasteiger partial charge in [-0.25, -0.2) is 9.36 Å². The van der Waals surface area contributed by atoms with E-state index in [-0.39, 0.29) is 12.8 Å². The molecule has 1 amide bonds. The summed E-state index contributed by atoms with van der Waals surface area (Å²) in [4.78, 5) is 45.8. The first-order valence-corrected chi connectivity index (χ1v) is 22.3. The standard InChI is InChI=1S/C43H74NO10P/c1-3-5-7-9-11-13-15-17-19-20-21-22-24-26-28-30-32-34-41(46)44-40(43(48)49)38-54-55(50,51)53-37-39(45)36-52-42(47)35-33-31-29-27-25-23-18-16-14-12-10-8-6-4-2/h5,7,11,13,17,19,21-22,26,28,39-40,45H,3-4,6,8-10,12,14-16,18,20,23-25,27,29-38H2,1-2H3,(H,44,46)(H,48,49)(H,50,51)/b7-5-,13-11-,19-17-,22-21-,28-26-. The lowest BCUT2D eigenvalue weighted by Crippen LogP contribution is -2.43. The Morgan fingerprint density at radius 3 is 1.55 bits per heavy atom. The van der Waals surface area contributed by atoms with Crippen LogP contribution < -0.4 is 5.32 Å². The van der Waals surface area contributed by atoms with Crippen molar-refractivity contribution in [1.29, 1.82) is 0 Å². The molecular weight excluding hydrogens is 721 g/mol. The molecule has 0 aliphatic heterocycles. The van der Waals surface area contributed by atoms with E-state index in [1.165, 1.54) is 64.2 Å². The largest absolute Gasteiger partial charge is 0.480 e. The van der Waals surface area contributed by atoms with Crippen LogP contribution in [0.3, 0.4) is 0 Å². The number of aliphatic hydroxyl groups excluding tert-OH is 1. The van der Waals surface area contributed by atoms with Gasteiger partial charge < -0.3 is 25.2 Å². The van der Waals surface area contributed by atoms with Crippen LogP contribution >= 0.6 is 7.82 Å². The van der Waals surface area contributed by atoms with Gasteiger partial charge in [-0.2, -0.15) is 0 Å². The molecule has 0 fully saturated rings. The molecule has 0 saturated carbocycles. The van der Waals surface area contributed by atoms with Gasteiger partial charge in [-0.15, -0.1) is 0 Å². The number of carboxylic acid groups (broad SMARTS) is 1. The first-order valence-electron chi connectivity index (χ1n) is 20.8. The third kappa shape index (κ3) is 37.9. The Morgan fingerprint density at radius 2 is 1.05 bits per heavy atom. The topological polar surface area (TPSA) is 169 Å². The second-order valence-corrected chi connectivity index (χ2v) is 15.3. The zero-order valence-electron chi connectivity index (χ0n) is 34.0. The minimum atomic E-state index is -4.77. The molecule has 0 aromatic heterocycles. The molecule has 0 aliphatic carbocycles. The number of aliphatic carboxylic acids is 1. The average Bonchev–Trinajstić information content (AvgIpc) is 3.16. The molecule has 4 N–H and O–H groups in total. The Morgan fingerprint density at radius 1 is 0.600 bits per heavy atom. The summed E-state index contributed by atoms with van der Waals surface area (Å²) in [7, 11) is -4.77. The van der Waals surface area contributed by atoms with Crippen LogP contribution in [0.25, 0.3) is 0 Å². The fourth-order valence-electron chi connectivity index (χ4n) is 5.35. The van der Waals surface area contributed by atoms with Crippen molar-refractivity contribution in [2.45, 2.75) is 174 Å². The van der Waals surface area contributed by atoms with Crippen molar-refractivity contribution in [2.75, 3.05) is 19.8 Å². The number of aliphatic hydroxyl groups is 1. The van der Waals surface area contributed by atoms with E-state index in [1.807, 2.05) is 12.2 Å². The Kier molecular flexibility index (Phi) is 36.1. The molecule has 316 valence electrons. The highest BCUT2D eigenvalue weighted by atomic mass is 31.2. The van der Waals surface area contributed by atoms with E-state index in [0.29, 0.717) is 19.3 Å². The maximum atomic E-state index is 12.3. The van der Waals surface area contributed by atoms with Crippen LogP contribution in [0.1, 0.15) is 162 Å². The van der Waals surface area contributed by atoms with Crippen molar-refractivity contribution in [1.82, 2.24) is 5.32 Å². The second-order valence-electron chi connectivity index (χ2n) is 13.8. The molecule has 0 aliphatic rings. The van der Waals surface area contributed by atoms with Gasteiger partial charge in [0.25, 0.3) is 0 Å². The number of nitrogens with one attached hydrogen (secondary N) is 1. The Bertz CT molecular complexity index is 1170. The van der Waals surface area contributed by atoms with Crippen LogP contribution in [-0.2, 0) is 32.7 Å². The third-order valence-electron chi connectivity index (χ3n) is 8.57. The summed E-state index contributed by atoms with van der Waals surface area (Å²) in [6, 6.07) is -1.58. The molecule has 55 heavy (non-hydrogen) atoms. The number of carboxylic acids is 1. The van der Waals surface area contributed by atoms with E-state index in [2.05, 4.69) is 67.8 Å². The van der Waals surface area contributed by atoms with Crippen molar-refractivity contribution in [3.8, 4) is 0 Å². The van der Waals surface area contributed by atoms with Crippen molar-refractivity contribution >= 4 is 25.7 Å². The van der Waals surface area contributed by atoms with E-state index >= 15 is 0 Å². The van der Waals surface area contributed by atoms with Gasteiger partial charge in [0.1, 0.15) is 12.7 Å². The highest BCUT2D eigenvalue weighted by Gasteiger charge is 2.28. The summed E-state index contributed by atoms with van der Waals surface area (Å²) in [6.45, 7) is 2.43. The number of allylic oxidation sites excluding steroid dienone is 10. The summed E-state index contributed by atoms with van der Waals surface area (Å²) < 4.78 is 26.8. The van der Waals surface area contributed by atoms with Gasteiger partial charge in [0, 0.05) is 12.8 Å². The number of hydrogen-bond acceptors (Lipinski definition) is 8. The Labute approximate surface area is 332 Å². The van der Waals surface area contributed by atoms with E-state index in [4.69, 9.17) is 13.8 Å². The fraction of sp³-hybridized carbons (Fsp3) is 0.698. The monoisotopic (exact) mass is 796 g/mol. The highest BCUT2D eigenvalue weighted by molar-refractivity contribution is 7.47. The smallest absolute Gasteiger partial charge is 0.472 e. The highest BCUT2D eigenvalue weighted by Crippen LogP contribution is 2.43. The van der Waals surface area contributed by atoms with Gasteiger partial charge in [-0.05, 0) is 51.4 Å². The molecule has 0 saturated heterocycles. The van der Waals surface area contributed by atoms with Gasteiger partial charge in [-0.3, -0.25) is 18.6 Å². The first-order chi connectivity index (χ1) is 26.6. The lowest BCUT2D eigenvalue weighted by atomic mass is 10.0. The van der Waals surface area contributed by atoms with Gasteiger partial charge >= 0.3 is 19.8 Å². The number of ether oxygens (including phenoxy) is 1. The molecule has 0 heterocycles. The number of phosphoric acid groups is 1. The van der Waals surface area contributed by atoms with Crippen LogP contribution in [0, 0.1) is 0 Å². The van der Waals surface area contributed by atoms with Crippen LogP contribution in [0.2, 0.25) is 0 Å². The third-order valence-corrected chi connectivity index (χ3v) is 9.52. The quantitative estimate of drug-likeness (QED) is 0.0204. The summed E-state index contributed by atoms with van der Waals surface area (Å²) in [5.41, 5.74) is 0. The van der Waals surface area contributed by atoms with Gasteiger partial charge in [0.15, 0.2) is 6.04 Å². The molecule has 12 heteroatoms. The molecule has 3 atom stereocenters. The lowest BCUT2D eigenvalue weighted by molar-refractivity contribution is -0.147. The minimum absolute atomic E-state index is 0.0652. The van der Waals surface area contributed by atoms with Crippen LogP contribution in [0.15, 0.2) is 60.8 Å². The molecule has 3 unspecified atom stereocenters. The van der Waals surface area contributed by atoms with Crippen molar-refractivity contribution in [2.24, 2.45) is 0 Å². The number of hydrogen-bond donors (Lipinski definition) is 4. The maximum absolute atomic E-state index is 12.3. The zero-order valence-corrected chi connectivity index (χ0v) is 34.9. The Hall–Kier alpha value is -2.82. The molecule has 11 nitrogen and oxygen atoms in total. The van der Waals surface area contributed by atoms with E-state index in [0.717, 1.165) is 51.4 Å². The van der Waals surface area contributed by atoms with E-state index < -0.39 is 57.6 Å². The molecule has 0 spiro atoms. The van der Waals surface area contributed by atoms with Crippen LogP contribution in [-0.4, -0.2) is 64.9 Å². The number of carbonyl (C=O) groups is 3. The summed E-state index contributed by atoms with van der Waals surface area (Å²) in [5, 5.41) is 21.7. The number of carbonyl (C=O) groups excluding carboxylic acids is 2. The SMILES string of the molecule is CC/C=C\C/C=C\C/C=C\C/C=C\C/C=C\CCCC(=O)NC(COP(=O)(O)OCC(O)COC(=O)CCCCCCCCCCCCCCCC)C(=O)O. The van der Waals surface area contributed by atoms with Gasteiger partial charge in [0.05, 0.1) is 13.2 Å². The predicted octanol–water partition coefficient (Wildman–Crippen LogP) is 10.4. The predicted molar refractivity (Wildman–Crippen MR) is 222 cm³/mol. The van der Waals surface area contributed by atoms with E-state index in [1.54, 1.807) is 0 Å². The average molecular weight is 796 g/mol. The van der Waals surface area contributed by atoms with Crippen molar-refractivity contribution in [3.05, 3.63) is 60.8 Å².